The fourth-order valence-corrected chi connectivity index (χ4v) is 7.02. The second-order valence-electron chi connectivity index (χ2n) is 11.4. The molecule has 0 amide bonds. The Hall–Kier alpha value is -6.00. The highest BCUT2D eigenvalue weighted by atomic mass is 16.3. The summed E-state index contributed by atoms with van der Waals surface area (Å²) in [5.74, 6) is 0. The maximum Gasteiger partial charge on any atom is 0.213 e. The lowest BCUT2D eigenvalue weighted by Crippen LogP contribution is -1.94. The van der Waals surface area contributed by atoms with Gasteiger partial charge in [0.1, 0.15) is 11.2 Å². The summed E-state index contributed by atoms with van der Waals surface area (Å²) in [7, 11) is 0. The normalized spacial score (nSPS) is 12.1. The van der Waals surface area contributed by atoms with Gasteiger partial charge < -0.3 is 8.83 Å². The van der Waals surface area contributed by atoms with Gasteiger partial charge in [-0.25, -0.2) is 0 Å². The van der Waals surface area contributed by atoms with E-state index in [0.717, 1.165) is 77.7 Å². The molecule has 0 aliphatic carbocycles. The lowest BCUT2D eigenvalue weighted by atomic mass is 10.0. The molecule has 4 aromatic heterocycles. The second-order valence-corrected chi connectivity index (χ2v) is 11.4. The van der Waals surface area contributed by atoms with E-state index in [1.165, 1.54) is 10.8 Å². The number of para-hydroxylation sites is 4. The third kappa shape index (κ3) is 3.17. The van der Waals surface area contributed by atoms with Gasteiger partial charge in [-0.2, -0.15) is 0 Å². The van der Waals surface area contributed by atoms with Crippen molar-refractivity contribution in [2.75, 3.05) is 0 Å². The Bertz CT molecular complexity index is 2720. The zero-order valence-corrected chi connectivity index (χ0v) is 23.6. The standard InChI is InChI=1S/C40H24N2O2/c1-2-12-27(13-3-1)41-34-22-21-26(24-32(34)38-31-17-6-9-20-36(31)44-40(38)41)25-11-10-14-28(23-25)42-33-18-7-4-15-29(33)37-30-16-5-8-19-35(30)43-39(37)42/h1-24H. The van der Waals surface area contributed by atoms with E-state index in [-0.39, 0.29) is 0 Å². The van der Waals surface area contributed by atoms with Crippen molar-refractivity contribution in [3.8, 4) is 22.5 Å². The molecule has 4 heterocycles. The number of hydrogen-bond acceptors (Lipinski definition) is 2. The molecule has 206 valence electrons. The quantitative estimate of drug-likeness (QED) is 0.214. The third-order valence-electron chi connectivity index (χ3n) is 8.93. The van der Waals surface area contributed by atoms with E-state index in [1.54, 1.807) is 0 Å². The van der Waals surface area contributed by atoms with Crippen LogP contribution in [-0.2, 0) is 0 Å². The molecule has 0 fully saturated rings. The van der Waals surface area contributed by atoms with Crippen molar-refractivity contribution in [3.05, 3.63) is 146 Å². The molecule has 0 N–H and O–H groups in total. The summed E-state index contributed by atoms with van der Waals surface area (Å²) in [5.41, 5.74) is 10.2. The largest absolute Gasteiger partial charge is 0.439 e. The van der Waals surface area contributed by atoms with Crippen LogP contribution in [0.5, 0.6) is 0 Å². The van der Waals surface area contributed by atoms with Crippen molar-refractivity contribution >= 4 is 65.9 Å². The minimum absolute atomic E-state index is 0.865. The van der Waals surface area contributed by atoms with E-state index < -0.39 is 0 Å². The van der Waals surface area contributed by atoms with Crippen LogP contribution in [0.4, 0.5) is 0 Å². The Morgan fingerprint density at radius 1 is 0.364 bits per heavy atom. The zero-order valence-electron chi connectivity index (χ0n) is 23.6. The van der Waals surface area contributed by atoms with Gasteiger partial charge in [-0.3, -0.25) is 9.13 Å². The summed E-state index contributed by atoms with van der Waals surface area (Å²) >= 11 is 0. The molecule has 10 rings (SSSR count). The van der Waals surface area contributed by atoms with Crippen molar-refractivity contribution in [3.63, 3.8) is 0 Å². The molecule has 0 spiro atoms. The van der Waals surface area contributed by atoms with Gasteiger partial charge in [0, 0.05) is 32.9 Å². The molecule has 4 heteroatoms. The number of furan rings is 2. The van der Waals surface area contributed by atoms with E-state index in [1.807, 2.05) is 30.3 Å². The van der Waals surface area contributed by atoms with Gasteiger partial charge >= 0.3 is 0 Å². The SMILES string of the molecule is c1ccc(-n2c3ccc(-c4cccc(-n5c6ccccc6c6c7ccccc7oc65)c4)cc3c3c4ccccc4oc32)cc1. The summed E-state index contributed by atoms with van der Waals surface area (Å²) < 4.78 is 17.5. The van der Waals surface area contributed by atoms with Crippen molar-refractivity contribution in [1.82, 2.24) is 9.13 Å². The lowest BCUT2D eigenvalue weighted by molar-refractivity contribution is 0.645. The summed E-state index contributed by atoms with van der Waals surface area (Å²) in [6.45, 7) is 0. The maximum atomic E-state index is 6.50. The molecule has 0 aliphatic rings. The Balaban J connectivity index is 1.22. The molecular weight excluding hydrogens is 540 g/mol. The van der Waals surface area contributed by atoms with Gasteiger partial charge in [0.05, 0.1) is 21.8 Å². The van der Waals surface area contributed by atoms with Crippen molar-refractivity contribution < 1.29 is 8.83 Å². The summed E-state index contributed by atoms with van der Waals surface area (Å²) in [5, 5.41) is 6.91. The van der Waals surface area contributed by atoms with Gasteiger partial charge in [0.25, 0.3) is 0 Å². The summed E-state index contributed by atoms with van der Waals surface area (Å²) in [6, 6.07) is 51.1. The highest BCUT2D eigenvalue weighted by Gasteiger charge is 2.21. The molecule has 0 bridgehead atoms. The van der Waals surface area contributed by atoms with Crippen molar-refractivity contribution in [2.24, 2.45) is 0 Å². The first-order valence-electron chi connectivity index (χ1n) is 14.9. The molecule has 0 unspecified atom stereocenters. The summed E-state index contributed by atoms with van der Waals surface area (Å²) in [6.07, 6.45) is 0. The van der Waals surface area contributed by atoms with Crippen molar-refractivity contribution in [1.29, 1.82) is 0 Å². The van der Waals surface area contributed by atoms with Crippen LogP contribution in [0.2, 0.25) is 0 Å². The molecule has 44 heavy (non-hydrogen) atoms. The number of fused-ring (bicyclic) bond motifs is 10. The molecule has 0 saturated heterocycles. The van der Waals surface area contributed by atoms with Crippen LogP contribution in [0.3, 0.4) is 0 Å². The number of hydrogen-bond donors (Lipinski definition) is 0. The maximum absolute atomic E-state index is 6.50. The fraction of sp³-hybridized carbons (Fsp3) is 0. The number of aromatic nitrogens is 2. The van der Waals surface area contributed by atoms with E-state index in [2.05, 4.69) is 124 Å². The smallest absolute Gasteiger partial charge is 0.213 e. The van der Waals surface area contributed by atoms with Crippen molar-refractivity contribution in [2.45, 2.75) is 0 Å². The zero-order chi connectivity index (χ0) is 28.8. The highest BCUT2D eigenvalue weighted by Crippen LogP contribution is 2.42. The number of benzene rings is 6. The Morgan fingerprint density at radius 2 is 0.909 bits per heavy atom. The predicted octanol–water partition coefficient (Wildman–Crippen LogP) is 11.0. The van der Waals surface area contributed by atoms with Gasteiger partial charge in [-0.15, -0.1) is 0 Å². The average molecular weight is 565 g/mol. The van der Waals surface area contributed by atoms with Crippen LogP contribution >= 0.6 is 0 Å². The number of rotatable bonds is 3. The first-order chi connectivity index (χ1) is 21.8. The molecule has 0 radical (unpaired) electrons. The monoisotopic (exact) mass is 564 g/mol. The Labute approximate surface area is 251 Å². The Morgan fingerprint density at radius 3 is 1.66 bits per heavy atom. The minimum atomic E-state index is 0.865. The Kier molecular flexibility index (Phi) is 4.69. The molecule has 0 aliphatic heterocycles. The van der Waals surface area contributed by atoms with Crippen LogP contribution in [-0.4, -0.2) is 9.13 Å². The molecule has 4 nitrogen and oxygen atoms in total. The lowest BCUT2D eigenvalue weighted by Gasteiger charge is -2.10. The van der Waals surface area contributed by atoms with Gasteiger partial charge in [0.15, 0.2) is 0 Å². The fourth-order valence-electron chi connectivity index (χ4n) is 7.02. The van der Waals surface area contributed by atoms with Crippen LogP contribution in [0, 0.1) is 0 Å². The topological polar surface area (TPSA) is 36.1 Å². The third-order valence-corrected chi connectivity index (χ3v) is 8.93. The first-order valence-corrected chi connectivity index (χ1v) is 14.9. The van der Waals surface area contributed by atoms with Crippen LogP contribution in [0.25, 0.3) is 88.4 Å². The van der Waals surface area contributed by atoms with E-state index in [0.29, 0.717) is 0 Å². The molecule has 0 saturated carbocycles. The van der Waals surface area contributed by atoms with Crippen LogP contribution in [0.1, 0.15) is 0 Å². The molecule has 0 atom stereocenters. The molecule has 6 aromatic carbocycles. The predicted molar refractivity (Wildman–Crippen MR) is 180 cm³/mol. The summed E-state index contributed by atoms with van der Waals surface area (Å²) in [4.78, 5) is 0. The average Bonchev–Trinajstić information content (AvgIpc) is 3.81. The number of nitrogens with zero attached hydrogens (tertiary/aromatic N) is 2. The highest BCUT2D eigenvalue weighted by molar-refractivity contribution is 6.21. The molecular formula is C40H24N2O2. The van der Waals surface area contributed by atoms with E-state index in [9.17, 15) is 0 Å². The van der Waals surface area contributed by atoms with E-state index in [4.69, 9.17) is 8.83 Å². The first kappa shape index (κ1) is 23.6. The molecule has 10 aromatic rings. The van der Waals surface area contributed by atoms with Gasteiger partial charge in [-0.1, -0.05) is 91.0 Å². The van der Waals surface area contributed by atoms with E-state index >= 15 is 0 Å². The minimum Gasteiger partial charge on any atom is -0.439 e. The van der Waals surface area contributed by atoms with Crippen LogP contribution in [0.15, 0.2) is 154 Å². The van der Waals surface area contributed by atoms with Gasteiger partial charge in [-0.05, 0) is 65.7 Å². The second kappa shape index (κ2) is 8.76. The van der Waals surface area contributed by atoms with Crippen LogP contribution < -0.4 is 0 Å². The van der Waals surface area contributed by atoms with Gasteiger partial charge in [0.2, 0.25) is 11.4 Å².